The van der Waals surface area contributed by atoms with Crippen LogP contribution >= 0.6 is 0 Å². The molecular formula is C29H29F2N. The highest BCUT2D eigenvalue weighted by molar-refractivity contribution is 5.88. The highest BCUT2D eigenvalue weighted by atomic mass is 19.1. The van der Waals surface area contributed by atoms with Gasteiger partial charge in [-0.25, -0.2) is 8.78 Å². The fourth-order valence-electron chi connectivity index (χ4n) is 4.12. The predicted molar refractivity (Wildman–Crippen MR) is 129 cm³/mol. The van der Waals surface area contributed by atoms with Gasteiger partial charge in [0.2, 0.25) is 0 Å². The van der Waals surface area contributed by atoms with Crippen LogP contribution < -0.4 is 0 Å². The summed E-state index contributed by atoms with van der Waals surface area (Å²) in [7, 11) is 0. The van der Waals surface area contributed by atoms with Gasteiger partial charge in [-0.2, -0.15) is 0 Å². The van der Waals surface area contributed by atoms with E-state index in [0.717, 1.165) is 28.6 Å². The van der Waals surface area contributed by atoms with Crippen LogP contribution in [0.2, 0.25) is 0 Å². The highest BCUT2D eigenvalue weighted by Gasteiger charge is 2.10. The van der Waals surface area contributed by atoms with E-state index in [0.29, 0.717) is 23.8 Å². The summed E-state index contributed by atoms with van der Waals surface area (Å²) in [5.41, 5.74) is 4.85. The van der Waals surface area contributed by atoms with Gasteiger partial charge < -0.3 is 0 Å². The molecule has 1 nitrogen and oxygen atoms in total. The molecule has 0 amide bonds. The van der Waals surface area contributed by atoms with Gasteiger partial charge in [-0.1, -0.05) is 68.7 Å². The molecule has 0 N–H and O–H groups in total. The van der Waals surface area contributed by atoms with E-state index in [1.807, 2.05) is 36.5 Å². The maximum atomic E-state index is 15.1. The number of fused-ring (bicyclic) bond motifs is 1. The Bertz CT molecular complexity index is 1160. The lowest BCUT2D eigenvalue weighted by atomic mass is 9.98. The van der Waals surface area contributed by atoms with Crippen LogP contribution in [0, 0.1) is 11.6 Å². The number of pyridine rings is 1. The number of nitrogens with zero attached hydrogens (tertiary/aromatic N) is 1. The van der Waals surface area contributed by atoms with Crippen LogP contribution in [-0.2, 0) is 19.3 Å². The fourth-order valence-corrected chi connectivity index (χ4v) is 4.12. The maximum Gasteiger partial charge on any atom is 0.134 e. The van der Waals surface area contributed by atoms with Crippen molar-refractivity contribution in [2.24, 2.45) is 0 Å². The quantitative estimate of drug-likeness (QED) is 0.245. The maximum absolute atomic E-state index is 15.1. The average Bonchev–Trinajstić information content (AvgIpc) is 2.83. The van der Waals surface area contributed by atoms with Crippen LogP contribution in [-0.4, -0.2) is 4.98 Å². The molecule has 0 aliphatic carbocycles. The molecule has 3 heteroatoms. The lowest BCUT2D eigenvalue weighted by Gasteiger charge is -2.09. The standard InChI is InChI=1S/C29H29F2N/c1-2-3-4-5-6-22-10-18-28(32-20-22)25-14-17-27-24(19-25)13-12-23(29(27)31)11-7-21-8-15-26(30)16-9-21/h8-10,12-20H,2-7,11H2,1H3. The molecule has 1 heterocycles. The largest absolute Gasteiger partial charge is 0.256 e. The molecule has 0 spiro atoms. The summed E-state index contributed by atoms with van der Waals surface area (Å²) in [6.07, 6.45) is 9.28. The number of unbranched alkanes of at least 4 members (excludes halogenated alkanes) is 3. The molecule has 0 atom stereocenters. The third-order valence-electron chi connectivity index (χ3n) is 6.07. The van der Waals surface area contributed by atoms with Gasteiger partial charge >= 0.3 is 0 Å². The van der Waals surface area contributed by atoms with Crippen molar-refractivity contribution in [1.82, 2.24) is 4.98 Å². The monoisotopic (exact) mass is 429 g/mol. The second-order valence-electron chi connectivity index (χ2n) is 8.46. The van der Waals surface area contributed by atoms with Crippen molar-refractivity contribution >= 4 is 10.8 Å². The molecular weight excluding hydrogens is 400 g/mol. The normalized spacial score (nSPS) is 11.2. The van der Waals surface area contributed by atoms with Crippen molar-refractivity contribution in [1.29, 1.82) is 0 Å². The van der Waals surface area contributed by atoms with E-state index >= 15 is 4.39 Å². The molecule has 0 aliphatic heterocycles. The van der Waals surface area contributed by atoms with Crippen molar-refractivity contribution in [2.45, 2.75) is 51.9 Å². The summed E-state index contributed by atoms with van der Waals surface area (Å²) < 4.78 is 28.2. The molecule has 0 fully saturated rings. The molecule has 164 valence electrons. The Morgan fingerprint density at radius 3 is 2.28 bits per heavy atom. The molecule has 0 saturated heterocycles. The van der Waals surface area contributed by atoms with E-state index in [2.05, 4.69) is 24.0 Å². The van der Waals surface area contributed by atoms with Gasteiger partial charge in [0.25, 0.3) is 0 Å². The first-order chi connectivity index (χ1) is 15.6. The number of hydrogen-bond acceptors (Lipinski definition) is 1. The van der Waals surface area contributed by atoms with Crippen molar-refractivity contribution in [3.05, 3.63) is 101 Å². The molecule has 3 aromatic carbocycles. The van der Waals surface area contributed by atoms with Gasteiger partial charge in [0.1, 0.15) is 11.6 Å². The van der Waals surface area contributed by atoms with Gasteiger partial charge in [-0.05, 0) is 72.0 Å². The second-order valence-corrected chi connectivity index (χ2v) is 8.46. The van der Waals surface area contributed by atoms with Gasteiger partial charge in [0.15, 0.2) is 0 Å². The van der Waals surface area contributed by atoms with Crippen molar-refractivity contribution < 1.29 is 8.78 Å². The first-order valence-electron chi connectivity index (χ1n) is 11.5. The second kappa shape index (κ2) is 10.5. The van der Waals surface area contributed by atoms with Gasteiger partial charge in [-0.15, -0.1) is 0 Å². The molecule has 0 radical (unpaired) electrons. The Morgan fingerprint density at radius 2 is 1.53 bits per heavy atom. The topological polar surface area (TPSA) is 12.9 Å². The lowest BCUT2D eigenvalue weighted by Crippen LogP contribution is -1.96. The number of hydrogen-bond donors (Lipinski definition) is 0. The zero-order valence-electron chi connectivity index (χ0n) is 18.6. The Labute approximate surface area is 189 Å². The summed E-state index contributed by atoms with van der Waals surface area (Å²) in [5, 5.41) is 1.49. The number of halogens is 2. The molecule has 0 bridgehead atoms. The SMILES string of the molecule is CCCCCCc1ccc(-c2ccc3c(F)c(CCc4ccc(F)cc4)ccc3c2)nc1. The lowest BCUT2D eigenvalue weighted by molar-refractivity contribution is 0.619. The van der Waals surface area contributed by atoms with E-state index in [1.165, 1.54) is 43.4 Å². The Morgan fingerprint density at radius 1 is 0.719 bits per heavy atom. The van der Waals surface area contributed by atoms with E-state index in [9.17, 15) is 4.39 Å². The van der Waals surface area contributed by atoms with Crippen molar-refractivity contribution in [2.75, 3.05) is 0 Å². The molecule has 32 heavy (non-hydrogen) atoms. The highest BCUT2D eigenvalue weighted by Crippen LogP contribution is 2.27. The van der Waals surface area contributed by atoms with Crippen LogP contribution in [0.4, 0.5) is 8.78 Å². The zero-order valence-corrected chi connectivity index (χ0v) is 18.6. The van der Waals surface area contributed by atoms with Crippen molar-refractivity contribution in [3.63, 3.8) is 0 Å². The van der Waals surface area contributed by atoms with Crippen molar-refractivity contribution in [3.8, 4) is 11.3 Å². The molecule has 0 unspecified atom stereocenters. The molecule has 0 aliphatic rings. The molecule has 4 aromatic rings. The zero-order chi connectivity index (χ0) is 22.3. The molecule has 1 aromatic heterocycles. The van der Waals surface area contributed by atoms with Crippen LogP contribution in [0.5, 0.6) is 0 Å². The Hall–Kier alpha value is -3.07. The number of aromatic nitrogens is 1. The minimum Gasteiger partial charge on any atom is -0.256 e. The Balaban J connectivity index is 1.47. The number of rotatable bonds is 9. The summed E-state index contributed by atoms with van der Waals surface area (Å²) in [5.74, 6) is -0.427. The summed E-state index contributed by atoms with van der Waals surface area (Å²) in [6.45, 7) is 2.22. The van der Waals surface area contributed by atoms with E-state index in [1.54, 1.807) is 12.1 Å². The third kappa shape index (κ3) is 5.40. The Kier molecular flexibility index (Phi) is 7.26. The van der Waals surface area contributed by atoms with E-state index in [4.69, 9.17) is 0 Å². The van der Waals surface area contributed by atoms with E-state index < -0.39 is 0 Å². The number of benzene rings is 3. The van der Waals surface area contributed by atoms with Gasteiger partial charge in [-0.3, -0.25) is 4.98 Å². The van der Waals surface area contributed by atoms with Crippen LogP contribution in [0.15, 0.2) is 72.9 Å². The van der Waals surface area contributed by atoms with Gasteiger partial charge in [0, 0.05) is 17.1 Å². The average molecular weight is 430 g/mol. The third-order valence-corrected chi connectivity index (χ3v) is 6.07. The van der Waals surface area contributed by atoms with Crippen LogP contribution in [0.3, 0.4) is 0 Å². The summed E-state index contributed by atoms with van der Waals surface area (Å²) in [6, 6.07) is 20.2. The van der Waals surface area contributed by atoms with E-state index in [-0.39, 0.29) is 11.6 Å². The smallest absolute Gasteiger partial charge is 0.134 e. The molecule has 0 saturated carbocycles. The minimum atomic E-state index is -0.252. The fraction of sp³-hybridized carbons (Fsp3) is 0.276. The minimum absolute atomic E-state index is 0.174. The van der Waals surface area contributed by atoms with Gasteiger partial charge in [0.05, 0.1) is 5.69 Å². The summed E-state index contributed by atoms with van der Waals surface area (Å²) in [4.78, 5) is 4.64. The predicted octanol–water partition coefficient (Wildman–Crippen LogP) is 8.09. The summed E-state index contributed by atoms with van der Waals surface area (Å²) >= 11 is 0. The first-order valence-corrected chi connectivity index (χ1v) is 11.5. The molecule has 4 rings (SSSR count). The van der Waals surface area contributed by atoms with Crippen LogP contribution in [0.25, 0.3) is 22.0 Å². The number of aryl methyl sites for hydroxylation is 3. The van der Waals surface area contributed by atoms with Crippen LogP contribution in [0.1, 0.15) is 49.3 Å². The first kappa shape index (κ1) is 22.1.